The first kappa shape index (κ1) is 23.7. The van der Waals surface area contributed by atoms with Crippen LogP contribution in [0.4, 0.5) is 0 Å². The normalized spacial score (nSPS) is 15.1. The van der Waals surface area contributed by atoms with E-state index in [1.807, 2.05) is 39.0 Å². The molecule has 0 unspecified atom stereocenters. The number of sulfonamides is 1. The molecule has 3 aromatic rings. The number of rotatable bonds is 7. The number of carbonyl (C=O) groups is 1. The largest absolute Gasteiger partial charge is 0.379 e. The highest BCUT2D eigenvalue weighted by Gasteiger charge is 2.25. The number of aryl methyl sites for hydroxylation is 3. The molecule has 8 nitrogen and oxygen atoms in total. The highest BCUT2D eigenvalue weighted by molar-refractivity contribution is 7.88. The Labute approximate surface area is 198 Å². The first-order valence-electron chi connectivity index (χ1n) is 11.0. The zero-order valence-electron chi connectivity index (χ0n) is 19.1. The summed E-state index contributed by atoms with van der Waals surface area (Å²) in [6.45, 7) is 7.67. The van der Waals surface area contributed by atoms with Gasteiger partial charge in [-0.2, -0.15) is 4.31 Å². The van der Waals surface area contributed by atoms with Crippen molar-refractivity contribution in [2.75, 3.05) is 26.3 Å². The number of hydrogen-bond acceptors (Lipinski definition) is 7. The van der Waals surface area contributed by atoms with Gasteiger partial charge in [-0.3, -0.25) is 4.79 Å². The lowest BCUT2D eigenvalue weighted by atomic mass is 10.1. The van der Waals surface area contributed by atoms with E-state index >= 15 is 0 Å². The van der Waals surface area contributed by atoms with Gasteiger partial charge in [0.1, 0.15) is 10.7 Å². The Bertz CT molecular complexity index is 1280. The van der Waals surface area contributed by atoms with Gasteiger partial charge in [0.05, 0.1) is 23.8 Å². The molecule has 0 saturated carbocycles. The van der Waals surface area contributed by atoms with E-state index in [4.69, 9.17) is 4.74 Å². The van der Waals surface area contributed by atoms with Gasteiger partial charge in [0.15, 0.2) is 0 Å². The van der Waals surface area contributed by atoms with Gasteiger partial charge in [-0.1, -0.05) is 31.2 Å². The number of hydrogen-bond donors (Lipinski definition) is 1. The molecule has 10 heteroatoms. The summed E-state index contributed by atoms with van der Waals surface area (Å²) in [4.78, 5) is 23.6. The van der Waals surface area contributed by atoms with Crippen LogP contribution in [0.1, 0.15) is 44.8 Å². The topological polar surface area (TPSA) is 101 Å². The Hall–Kier alpha value is -2.40. The van der Waals surface area contributed by atoms with E-state index < -0.39 is 10.0 Å². The second-order valence-electron chi connectivity index (χ2n) is 8.03. The summed E-state index contributed by atoms with van der Waals surface area (Å²) in [5.41, 5.74) is 3.22. The first-order chi connectivity index (χ1) is 15.8. The van der Waals surface area contributed by atoms with Gasteiger partial charge in [0, 0.05) is 37.1 Å². The second-order valence-corrected chi connectivity index (χ2v) is 11.0. The number of morpholine rings is 1. The summed E-state index contributed by atoms with van der Waals surface area (Å²) in [6, 6.07) is 7.32. The van der Waals surface area contributed by atoms with E-state index in [2.05, 4.69) is 15.3 Å². The van der Waals surface area contributed by atoms with E-state index in [-0.39, 0.29) is 18.2 Å². The number of amides is 1. The third-order valence-electron chi connectivity index (χ3n) is 5.80. The van der Waals surface area contributed by atoms with E-state index in [1.165, 1.54) is 15.6 Å². The molecule has 1 aromatic carbocycles. The molecule has 2 aromatic heterocycles. The Morgan fingerprint density at radius 2 is 1.85 bits per heavy atom. The average molecular weight is 489 g/mol. The van der Waals surface area contributed by atoms with Crippen LogP contribution in [0.5, 0.6) is 0 Å². The lowest BCUT2D eigenvalue weighted by Crippen LogP contribution is -2.41. The minimum Gasteiger partial charge on any atom is -0.379 e. The number of nitrogens with one attached hydrogen (secondary N) is 1. The lowest BCUT2D eigenvalue weighted by molar-refractivity contribution is 0.0729. The van der Waals surface area contributed by atoms with Crippen LogP contribution in [-0.2, 0) is 33.5 Å². The molecule has 176 valence electrons. The maximum absolute atomic E-state index is 13.0. The molecular weight excluding hydrogens is 460 g/mol. The van der Waals surface area contributed by atoms with Crippen LogP contribution in [0.3, 0.4) is 0 Å². The molecule has 4 rings (SSSR count). The number of aromatic nitrogens is 2. The van der Waals surface area contributed by atoms with E-state index in [9.17, 15) is 13.2 Å². The Balaban J connectivity index is 1.51. The minimum atomic E-state index is -3.46. The number of benzene rings is 1. The molecular formula is C23H28N4O4S2. The fraction of sp³-hybridized carbons (Fsp3) is 0.435. The number of thiophene rings is 1. The van der Waals surface area contributed by atoms with Crippen LogP contribution in [-0.4, -0.2) is 54.9 Å². The van der Waals surface area contributed by atoms with Crippen LogP contribution >= 0.6 is 11.3 Å². The van der Waals surface area contributed by atoms with Gasteiger partial charge in [0.2, 0.25) is 10.0 Å². The Morgan fingerprint density at radius 1 is 1.15 bits per heavy atom. The smallest absolute Gasteiger partial charge is 0.261 e. The SMILES string of the molecule is CCc1nc(C)c2c(C)c(C(=O)NCc3ccccc3CS(=O)(=O)N3CCOCC3)sc2n1. The van der Waals surface area contributed by atoms with Crippen molar-refractivity contribution in [2.24, 2.45) is 0 Å². The fourth-order valence-electron chi connectivity index (χ4n) is 4.01. The maximum Gasteiger partial charge on any atom is 0.261 e. The quantitative estimate of drug-likeness (QED) is 0.549. The number of carbonyl (C=O) groups excluding carboxylic acids is 1. The summed E-state index contributed by atoms with van der Waals surface area (Å²) >= 11 is 1.37. The maximum atomic E-state index is 13.0. The average Bonchev–Trinajstić information content (AvgIpc) is 3.15. The molecule has 0 radical (unpaired) electrons. The van der Waals surface area contributed by atoms with Crippen molar-refractivity contribution in [3.05, 3.63) is 57.4 Å². The van der Waals surface area contributed by atoms with Gasteiger partial charge in [-0.15, -0.1) is 11.3 Å². The fourth-order valence-corrected chi connectivity index (χ4v) is 6.74. The summed E-state index contributed by atoms with van der Waals surface area (Å²) < 4.78 is 32.5. The molecule has 1 amide bonds. The second kappa shape index (κ2) is 9.84. The highest BCUT2D eigenvalue weighted by atomic mass is 32.2. The number of nitrogens with zero attached hydrogens (tertiary/aromatic N) is 3. The van der Waals surface area contributed by atoms with Gasteiger partial charge in [-0.05, 0) is 30.5 Å². The third kappa shape index (κ3) is 5.08. The van der Waals surface area contributed by atoms with Crippen molar-refractivity contribution in [1.29, 1.82) is 0 Å². The molecule has 1 N–H and O–H groups in total. The summed E-state index contributed by atoms with van der Waals surface area (Å²) in [5, 5.41) is 3.90. The van der Waals surface area contributed by atoms with Crippen molar-refractivity contribution >= 4 is 37.5 Å². The van der Waals surface area contributed by atoms with Crippen molar-refractivity contribution < 1.29 is 17.9 Å². The molecule has 1 aliphatic rings. The van der Waals surface area contributed by atoms with Gasteiger partial charge >= 0.3 is 0 Å². The monoisotopic (exact) mass is 488 g/mol. The third-order valence-corrected chi connectivity index (χ3v) is 8.81. The molecule has 3 heterocycles. The summed E-state index contributed by atoms with van der Waals surface area (Å²) in [7, 11) is -3.46. The van der Waals surface area contributed by atoms with E-state index in [0.29, 0.717) is 36.7 Å². The van der Waals surface area contributed by atoms with Crippen LogP contribution in [0.2, 0.25) is 0 Å². The van der Waals surface area contributed by atoms with Crippen molar-refractivity contribution in [1.82, 2.24) is 19.6 Å². The van der Waals surface area contributed by atoms with Crippen molar-refractivity contribution in [3.8, 4) is 0 Å². The van der Waals surface area contributed by atoms with Crippen molar-refractivity contribution in [3.63, 3.8) is 0 Å². The Kier molecular flexibility index (Phi) is 7.08. The first-order valence-corrected chi connectivity index (χ1v) is 13.4. The van der Waals surface area contributed by atoms with Crippen LogP contribution in [0, 0.1) is 13.8 Å². The predicted molar refractivity (Wildman–Crippen MR) is 129 cm³/mol. The van der Waals surface area contributed by atoms with Gasteiger partial charge < -0.3 is 10.1 Å². The Morgan fingerprint density at radius 3 is 2.55 bits per heavy atom. The highest BCUT2D eigenvalue weighted by Crippen LogP contribution is 2.31. The van der Waals surface area contributed by atoms with E-state index in [0.717, 1.165) is 39.3 Å². The van der Waals surface area contributed by atoms with Crippen LogP contribution in [0.15, 0.2) is 24.3 Å². The number of ether oxygens (including phenoxy) is 1. The zero-order valence-corrected chi connectivity index (χ0v) is 20.7. The lowest BCUT2D eigenvalue weighted by Gasteiger charge is -2.26. The molecule has 1 aliphatic heterocycles. The van der Waals surface area contributed by atoms with Crippen LogP contribution < -0.4 is 5.32 Å². The van der Waals surface area contributed by atoms with Crippen LogP contribution in [0.25, 0.3) is 10.2 Å². The van der Waals surface area contributed by atoms with Gasteiger partial charge in [-0.25, -0.2) is 18.4 Å². The minimum absolute atomic E-state index is 0.102. The van der Waals surface area contributed by atoms with Crippen molar-refractivity contribution in [2.45, 2.75) is 39.5 Å². The molecule has 0 aliphatic carbocycles. The molecule has 1 fully saturated rings. The molecule has 0 bridgehead atoms. The molecule has 33 heavy (non-hydrogen) atoms. The predicted octanol–water partition coefficient (Wildman–Crippen LogP) is 2.96. The zero-order chi connectivity index (χ0) is 23.6. The van der Waals surface area contributed by atoms with E-state index in [1.54, 1.807) is 6.07 Å². The summed E-state index contributed by atoms with van der Waals surface area (Å²) in [5.74, 6) is 0.470. The molecule has 1 saturated heterocycles. The molecule has 0 atom stereocenters. The standard InChI is InChI=1S/C23H28N4O4S2/c1-4-19-25-16(3)20-15(2)21(32-23(20)26-19)22(28)24-13-17-7-5-6-8-18(17)14-33(29,30)27-9-11-31-12-10-27/h5-8H,4,9-14H2,1-3H3,(H,24,28). The summed E-state index contributed by atoms with van der Waals surface area (Å²) in [6.07, 6.45) is 0.736. The van der Waals surface area contributed by atoms with Gasteiger partial charge in [0.25, 0.3) is 5.91 Å². The molecule has 0 spiro atoms. The number of fused-ring (bicyclic) bond motifs is 1.